The molecule has 100 heavy (non-hydrogen) atoms. The molecule has 0 aliphatic carbocycles. The molecule has 0 bridgehead atoms. The largest absolute Gasteiger partial charge is 0.497 e. The van der Waals surface area contributed by atoms with E-state index in [1.807, 2.05) is 24.3 Å². The summed E-state index contributed by atoms with van der Waals surface area (Å²) in [7, 11) is 1.55. The van der Waals surface area contributed by atoms with Crippen molar-refractivity contribution in [2.45, 2.75) is 172 Å². The summed E-state index contributed by atoms with van der Waals surface area (Å²) >= 11 is 0. The van der Waals surface area contributed by atoms with Gasteiger partial charge in [-0.25, -0.2) is 0 Å². The third-order valence-electron chi connectivity index (χ3n) is 18.2. The summed E-state index contributed by atoms with van der Waals surface area (Å²) < 4.78 is 40.6. The van der Waals surface area contributed by atoms with Gasteiger partial charge in [-0.3, -0.25) is 29.2 Å². The number of guanidine groups is 2. The minimum atomic E-state index is -2.26. The number of aliphatic imine (C=N–C) groups is 2. The molecule has 25 atom stereocenters. The molecule has 4 aromatic carbocycles. The summed E-state index contributed by atoms with van der Waals surface area (Å²) in [6, 6.07) is 13.1. The predicted octanol–water partition coefficient (Wildman–Crippen LogP) is -9.31. The molecule has 0 radical (unpaired) electrons. The first-order valence-corrected chi connectivity index (χ1v) is 32.1. The monoisotopic (exact) mass is 1410 g/mol. The molecule has 0 aromatic heterocycles. The van der Waals surface area contributed by atoms with E-state index in [1.165, 1.54) is 24.3 Å². The van der Waals surface area contributed by atoms with Crippen molar-refractivity contribution in [1.29, 1.82) is 0 Å². The van der Waals surface area contributed by atoms with Crippen molar-refractivity contribution in [3.63, 3.8) is 0 Å². The lowest BCUT2D eigenvalue weighted by molar-refractivity contribution is -0.355. The van der Waals surface area contributed by atoms with Gasteiger partial charge in [-0.05, 0) is 57.8 Å². The number of carbonyl (C=O) groups excluding carboxylic acids is 5. The number of nitrogens with one attached hydrogen (secondary N) is 5. The van der Waals surface area contributed by atoms with Crippen LogP contribution in [0.3, 0.4) is 0 Å². The SMILES string of the molecule is COc1ccc2cc(COC3C(O)C(CO)OC(OC4C(CO)OC(Oc5ccc(C[C@H](NC(=O)[C@@H](N)C(C)c6ccccc6)C(=O)N[C@H](C(=O)N[C@H](C(=O)N[C@H](C=O)CO)C(O)C6CN=C(N)N6C6OC(CO)C(O)C(O)C6O)C(O)C6CN=C(N)N6)cc5)C(O)C4O)C3O)ccc2c1. The van der Waals surface area contributed by atoms with Gasteiger partial charge in [0.25, 0.3) is 0 Å². The highest BCUT2D eigenvalue weighted by Gasteiger charge is 2.54. The molecule has 4 aromatic rings. The van der Waals surface area contributed by atoms with E-state index in [2.05, 4.69) is 36.6 Å². The van der Waals surface area contributed by atoms with Gasteiger partial charge in [-0.15, -0.1) is 0 Å². The van der Waals surface area contributed by atoms with Crippen LogP contribution in [0.2, 0.25) is 0 Å². The fourth-order valence-electron chi connectivity index (χ4n) is 12.3. The first-order chi connectivity index (χ1) is 47.8. The number of hydrogen-bond donors (Lipinski definition) is 21. The number of carbonyl (C=O) groups is 5. The van der Waals surface area contributed by atoms with Gasteiger partial charge in [-0.1, -0.05) is 67.6 Å². The van der Waals surface area contributed by atoms with E-state index in [0.717, 1.165) is 15.7 Å². The number of amides is 4. The average molecular weight is 1410 g/mol. The Hall–Kier alpha value is -7.93. The Bertz CT molecular complexity index is 3480. The van der Waals surface area contributed by atoms with E-state index in [4.69, 9.17) is 50.4 Å². The number of nitrogens with two attached hydrogens (primary N) is 3. The standard InChI is InChI=1S/C64H87N11O25/c1-27(30-6-4-3-5-7-30)42(65)57(91)71-36(56(90)73-43(45(81)37-19-68-63(66)72-37)59(93)74-44(58(92)70-33(21-76)22-77)46(82)38-20-69-64(67)75(38)60-51(87)49(85)47(83)39(23-78)97-60)17-28-9-13-34(14-10-28)96-61-52(88)50(86)54(41(25-80)99-61)100-62-53(89)55(48(84)40(24-79)98-62)95-26-29-8-11-32-18-35(94-2)15-12-31(32)16-29/h3-16,18,21,27,33,36-55,60-62,77-89H,17,19-20,22-26,65H2,1-2H3,(H2,67,69)(H,70,92)(H,71,91)(H,73,90)(H,74,93)(H3,66,68,72)/t27?,33-,36+,37?,38?,39?,40?,41?,42+,43+,44+,45?,46?,47?,48?,49?,50?,51?,52?,53?,54?,55?,60?,61?,62?/m1/s1. The Balaban J connectivity index is 0.927. The zero-order valence-electron chi connectivity index (χ0n) is 54.1. The molecule has 3 saturated heterocycles. The van der Waals surface area contributed by atoms with Crippen LogP contribution < -0.4 is 53.3 Å². The minimum Gasteiger partial charge on any atom is -0.497 e. The third-order valence-corrected chi connectivity index (χ3v) is 18.2. The molecule has 36 heteroatoms. The molecule has 0 saturated carbocycles. The molecular formula is C64H87N11O25. The Labute approximate surface area is 571 Å². The van der Waals surface area contributed by atoms with Gasteiger partial charge < -0.3 is 153 Å². The van der Waals surface area contributed by atoms with Crippen LogP contribution in [0.5, 0.6) is 11.5 Å². The van der Waals surface area contributed by atoms with Gasteiger partial charge in [-0.2, -0.15) is 0 Å². The van der Waals surface area contributed by atoms with E-state index in [0.29, 0.717) is 16.9 Å². The molecule has 548 valence electrons. The number of rotatable bonds is 30. The lowest BCUT2D eigenvalue weighted by Crippen LogP contribution is -2.70. The molecular weight excluding hydrogens is 1320 g/mol. The van der Waals surface area contributed by atoms with Crippen molar-refractivity contribution in [3.8, 4) is 11.5 Å². The number of aldehydes is 1. The molecule has 9 rings (SSSR count). The number of fused-ring (bicyclic) bond motifs is 1. The van der Waals surface area contributed by atoms with Crippen molar-refractivity contribution < 1.29 is 124 Å². The Morgan fingerprint density at radius 1 is 0.650 bits per heavy atom. The molecule has 0 spiro atoms. The van der Waals surface area contributed by atoms with Crippen molar-refractivity contribution >= 4 is 52.6 Å². The fourth-order valence-corrected chi connectivity index (χ4v) is 12.3. The van der Waals surface area contributed by atoms with Crippen molar-refractivity contribution in [2.75, 3.05) is 46.6 Å². The Morgan fingerprint density at radius 2 is 1.27 bits per heavy atom. The summed E-state index contributed by atoms with van der Waals surface area (Å²) in [5, 5.41) is 157. The second kappa shape index (κ2) is 34.2. The van der Waals surface area contributed by atoms with E-state index >= 15 is 4.79 Å². The van der Waals surface area contributed by atoms with Gasteiger partial charge in [0.1, 0.15) is 127 Å². The molecule has 4 amide bonds. The van der Waals surface area contributed by atoms with Crippen LogP contribution in [0, 0.1) is 0 Å². The van der Waals surface area contributed by atoms with Crippen LogP contribution in [-0.4, -0.2) is 306 Å². The predicted molar refractivity (Wildman–Crippen MR) is 345 cm³/mol. The number of aliphatic hydroxyl groups excluding tert-OH is 13. The second-order valence-corrected chi connectivity index (χ2v) is 24.8. The zero-order chi connectivity index (χ0) is 72.4. The van der Waals surface area contributed by atoms with Crippen LogP contribution in [0.1, 0.15) is 29.5 Å². The summed E-state index contributed by atoms with van der Waals surface area (Å²) in [5.74, 6) is -5.52. The van der Waals surface area contributed by atoms with Gasteiger partial charge in [0, 0.05) is 12.3 Å². The summed E-state index contributed by atoms with van der Waals surface area (Å²) in [6.45, 7) is -2.75. The third kappa shape index (κ3) is 17.3. The van der Waals surface area contributed by atoms with E-state index in [-0.39, 0.29) is 36.7 Å². The molecule has 36 nitrogen and oxygen atoms in total. The maximum absolute atomic E-state index is 15.0. The number of hydrogen-bond acceptors (Lipinski definition) is 32. The summed E-state index contributed by atoms with van der Waals surface area (Å²) in [6.07, 6.45) is -30.3. The van der Waals surface area contributed by atoms with E-state index in [9.17, 15) is 85.6 Å². The fraction of sp³-hybridized carbons (Fsp3) is 0.547. The van der Waals surface area contributed by atoms with Gasteiger partial charge in [0.2, 0.25) is 29.9 Å². The number of nitrogens with zero attached hydrogens (tertiary/aromatic N) is 3. The van der Waals surface area contributed by atoms with Gasteiger partial charge in [0.05, 0.1) is 71.4 Å². The van der Waals surface area contributed by atoms with Gasteiger partial charge >= 0.3 is 0 Å². The van der Waals surface area contributed by atoms with Crippen LogP contribution in [0.25, 0.3) is 10.8 Å². The topological polar surface area (TPSA) is 579 Å². The molecule has 3 fully saturated rings. The molecule has 5 heterocycles. The molecule has 24 N–H and O–H groups in total. The van der Waals surface area contributed by atoms with Crippen LogP contribution in [0.15, 0.2) is 101 Å². The zero-order valence-corrected chi connectivity index (χ0v) is 54.1. The van der Waals surface area contributed by atoms with Gasteiger partial charge in [0.15, 0.2) is 24.4 Å². The lowest BCUT2D eigenvalue weighted by Gasteiger charge is -2.46. The van der Waals surface area contributed by atoms with Crippen molar-refractivity contribution in [2.24, 2.45) is 27.2 Å². The highest BCUT2D eigenvalue weighted by molar-refractivity contribution is 5.96. The normalized spacial score (nSPS) is 30.8. The lowest BCUT2D eigenvalue weighted by atomic mass is 9.93. The first kappa shape index (κ1) is 76.3. The first-order valence-electron chi connectivity index (χ1n) is 32.1. The summed E-state index contributed by atoms with van der Waals surface area (Å²) in [5.41, 5.74) is 20.2. The Kier molecular flexibility index (Phi) is 26.0. The number of methoxy groups -OCH3 is 1. The van der Waals surface area contributed by atoms with Crippen LogP contribution >= 0.6 is 0 Å². The highest BCUT2D eigenvalue weighted by atomic mass is 16.7. The Morgan fingerprint density at radius 3 is 1.92 bits per heavy atom. The number of ether oxygens (including phenoxy) is 7. The van der Waals surface area contributed by atoms with Crippen LogP contribution in [0.4, 0.5) is 0 Å². The highest BCUT2D eigenvalue weighted by Crippen LogP contribution is 2.34. The van der Waals surface area contributed by atoms with E-state index < -0.39 is 221 Å². The number of aliphatic hydroxyl groups is 13. The molecule has 20 unspecified atom stereocenters. The van der Waals surface area contributed by atoms with Crippen molar-refractivity contribution in [1.82, 2.24) is 31.5 Å². The summed E-state index contributed by atoms with van der Waals surface area (Å²) in [4.78, 5) is 79.4. The second-order valence-electron chi connectivity index (χ2n) is 24.8. The molecule has 5 aliphatic heterocycles. The molecule has 5 aliphatic rings. The average Bonchev–Trinajstić information content (AvgIpc) is 1.47. The van der Waals surface area contributed by atoms with Crippen molar-refractivity contribution in [3.05, 3.63) is 108 Å². The van der Waals surface area contributed by atoms with E-state index in [1.54, 1.807) is 56.5 Å². The minimum absolute atomic E-state index is 0.0375. The maximum atomic E-state index is 15.0. The number of benzene rings is 4. The maximum Gasteiger partial charge on any atom is 0.246 e. The van der Waals surface area contributed by atoms with Crippen LogP contribution in [-0.2, 0) is 60.7 Å². The smallest absolute Gasteiger partial charge is 0.246 e. The quantitative estimate of drug-likeness (QED) is 0.0216.